The van der Waals surface area contributed by atoms with E-state index in [0.717, 1.165) is 37.8 Å². The number of aliphatic imine (C=N–C) groups is 1. The number of hydrogen-bond acceptors (Lipinski definition) is 3. The molecule has 6 heteroatoms. The second-order valence-electron chi connectivity index (χ2n) is 5.98. The van der Waals surface area contributed by atoms with Gasteiger partial charge in [-0.1, -0.05) is 31.7 Å². The Balaban J connectivity index is 0.00000288. The number of guanidine groups is 1. The van der Waals surface area contributed by atoms with Gasteiger partial charge in [-0.3, -0.25) is 9.98 Å². The molecular formula is C18H31IN4O. The van der Waals surface area contributed by atoms with Crippen LogP contribution in [0.4, 0.5) is 0 Å². The van der Waals surface area contributed by atoms with Crippen molar-refractivity contribution in [1.29, 1.82) is 0 Å². The Morgan fingerprint density at radius 3 is 2.58 bits per heavy atom. The van der Waals surface area contributed by atoms with Gasteiger partial charge in [0.2, 0.25) is 0 Å². The van der Waals surface area contributed by atoms with Gasteiger partial charge in [0, 0.05) is 38.4 Å². The highest BCUT2D eigenvalue weighted by molar-refractivity contribution is 14.0. The van der Waals surface area contributed by atoms with Gasteiger partial charge in [-0.15, -0.1) is 24.0 Å². The average molecular weight is 446 g/mol. The molecule has 0 unspecified atom stereocenters. The molecule has 1 aliphatic rings. The molecule has 1 saturated carbocycles. The Labute approximate surface area is 163 Å². The van der Waals surface area contributed by atoms with Crippen LogP contribution in [0, 0.1) is 0 Å². The quantitative estimate of drug-likeness (QED) is 0.222. The van der Waals surface area contributed by atoms with E-state index in [9.17, 15) is 0 Å². The Morgan fingerprint density at radius 1 is 1.17 bits per heavy atom. The van der Waals surface area contributed by atoms with Gasteiger partial charge in [-0.2, -0.15) is 0 Å². The molecule has 1 heterocycles. The van der Waals surface area contributed by atoms with E-state index in [0.29, 0.717) is 6.10 Å². The largest absolute Gasteiger partial charge is 0.376 e. The first-order valence-corrected chi connectivity index (χ1v) is 8.84. The summed E-state index contributed by atoms with van der Waals surface area (Å²) in [5.41, 5.74) is 1.09. The third-order valence-electron chi connectivity index (χ3n) is 4.17. The summed E-state index contributed by atoms with van der Waals surface area (Å²) in [5, 5.41) is 6.61. The zero-order valence-corrected chi connectivity index (χ0v) is 17.0. The van der Waals surface area contributed by atoms with Gasteiger partial charge in [0.15, 0.2) is 5.96 Å². The van der Waals surface area contributed by atoms with Gasteiger partial charge < -0.3 is 15.4 Å². The molecule has 2 N–H and O–H groups in total. The third-order valence-corrected chi connectivity index (χ3v) is 4.17. The van der Waals surface area contributed by atoms with Gasteiger partial charge in [0.25, 0.3) is 0 Å². The first-order valence-electron chi connectivity index (χ1n) is 8.84. The van der Waals surface area contributed by atoms with Crippen molar-refractivity contribution in [3.05, 3.63) is 30.1 Å². The van der Waals surface area contributed by atoms with Crippen molar-refractivity contribution in [1.82, 2.24) is 15.6 Å². The van der Waals surface area contributed by atoms with Crippen LogP contribution in [0.15, 0.2) is 29.4 Å². The smallest absolute Gasteiger partial charge is 0.191 e. The second kappa shape index (κ2) is 13.4. The molecule has 0 spiro atoms. The molecule has 0 saturated heterocycles. The standard InChI is InChI=1S/C18H30N4O.HI/c1-19-18(21-13-11-16-8-6-7-12-20-16)22-14-15-23-17-9-4-2-3-5-10-17;/h6-8,12,17H,2-5,9-11,13-15H2,1H3,(H2,19,21,22);1H. The van der Waals surface area contributed by atoms with Gasteiger partial charge in [0.05, 0.1) is 12.7 Å². The molecule has 1 fully saturated rings. The molecule has 2 rings (SSSR count). The maximum atomic E-state index is 5.98. The minimum atomic E-state index is 0. The van der Waals surface area contributed by atoms with Gasteiger partial charge in [-0.05, 0) is 25.0 Å². The molecule has 1 aromatic rings. The number of nitrogens with one attached hydrogen (secondary N) is 2. The lowest BCUT2D eigenvalue weighted by Gasteiger charge is -2.16. The van der Waals surface area contributed by atoms with Crippen molar-refractivity contribution in [3.8, 4) is 0 Å². The van der Waals surface area contributed by atoms with Crippen LogP contribution < -0.4 is 10.6 Å². The second-order valence-corrected chi connectivity index (χ2v) is 5.98. The van der Waals surface area contributed by atoms with Crippen molar-refractivity contribution in [3.63, 3.8) is 0 Å². The summed E-state index contributed by atoms with van der Waals surface area (Å²) in [6, 6.07) is 5.99. The SMILES string of the molecule is CN=C(NCCOC1CCCCCC1)NCCc1ccccn1.I. The van der Waals surface area contributed by atoms with Crippen molar-refractivity contribution >= 4 is 29.9 Å². The van der Waals surface area contributed by atoms with Gasteiger partial charge in [0.1, 0.15) is 0 Å². The molecule has 0 radical (unpaired) electrons. The highest BCUT2D eigenvalue weighted by atomic mass is 127. The summed E-state index contributed by atoms with van der Waals surface area (Å²) >= 11 is 0. The monoisotopic (exact) mass is 446 g/mol. The highest BCUT2D eigenvalue weighted by Crippen LogP contribution is 2.19. The topological polar surface area (TPSA) is 58.5 Å². The fourth-order valence-corrected chi connectivity index (χ4v) is 2.88. The normalized spacial score (nSPS) is 16.1. The van der Waals surface area contributed by atoms with Gasteiger partial charge >= 0.3 is 0 Å². The van der Waals surface area contributed by atoms with Crippen LogP contribution >= 0.6 is 24.0 Å². The molecule has 1 aromatic heterocycles. The lowest BCUT2D eigenvalue weighted by atomic mass is 10.1. The number of hydrogen-bond donors (Lipinski definition) is 2. The fourth-order valence-electron chi connectivity index (χ4n) is 2.88. The minimum Gasteiger partial charge on any atom is -0.376 e. The van der Waals surface area contributed by atoms with Crippen molar-refractivity contribution in [2.24, 2.45) is 4.99 Å². The van der Waals surface area contributed by atoms with E-state index in [4.69, 9.17) is 4.74 Å². The molecular weight excluding hydrogens is 415 g/mol. The molecule has 0 amide bonds. The van der Waals surface area contributed by atoms with Crippen molar-refractivity contribution in [2.75, 3.05) is 26.7 Å². The zero-order valence-electron chi connectivity index (χ0n) is 14.7. The molecule has 0 aliphatic heterocycles. The highest BCUT2D eigenvalue weighted by Gasteiger charge is 2.12. The van der Waals surface area contributed by atoms with Crippen LogP contribution in [0.2, 0.25) is 0 Å². The van der Waals surface area contributed by atoms with E-state index in [1.807, 2.05) is 24.4 Å². The van der Waals surface area contributed by atoms with Gasteiger partial charge in [-0.25, -0.2) is 0 Å². The summed E-state index contributed by atoms with van der Waals surface area (Å²) < 4.78 is 5.98. The fraction of sp³-hybridized carbons (Fsp3) is 0.667. The Bertz CT molecular complexity index is 448. The van der Waals surface area contributed by atoms with E-state index in [1.165, 1.54) is 38.5 Å². The lowest BCUT2D eigenvalue weighted by Crippen LogP contribution is -2.40. The summed E-state index contributed by atoms with van der Waals surface area (Å²) in [4.78, 5) is 8.55. The third kappa shape index (κ3) is 8.82. The Morgan fingerprint density at radius 2 is 1.92 bits per heavy atom. The van der Waals surface area contributed by atoms with E-state index < -0.39 is 0 Å². The summed E-state index contributed by atoms with van der Waals surface area (Å²) in [7, 11) is 1.79. The molecule has 1 aliphatic carbocycles. The van der Waals surface area contributed by atoms with E-state index in [1.54, 1.807) is 7.05 Å². The first-order chi connectivity index (χ1) is 11.4. The van der Waals surface area contributed by atoms with Crippen LogP contribution in [0.1, 0.15) is 44.2 Å². The first kappa shape index (κ1) is 21.2. The van der Waals surface area contributed by atoms with Crippen LogP contribution in [0.5, 0.6) is 0 Å². The van der Waals surface area contributed by atoms with E-state index in [-0.39, 0.29) is 24.0 Å². The molecule has 0 aromatic carbocycles. The molecule has 0 bridgehead atoms. The Kier molecular flexibility index (Phi) is 11.8. The summed E-state index contributed by atoms with van der Waals surface area (Å²) in [5.74, 6) is 0.824. The lowest BCUT2D eigenvalue weighted by molar-refractivity contribution is 0.0468. The zero-order chi connectivity index (χ0) is 16.2. The van der Waals surface area contributed by atoms with Crippen molar-refractivity contribution in [2.45, 2.75) is 51.0 Å². The van der Waals surface area contributed by atoms with Crippen LogP contribution in [0.3, 0.4) is 0 Å². The molecule has 5 nitrogen and oxygen atoms in total. The number of halogens is 1. The van der Waals surface area contributed by atoms with Crippen LogP contribution in [-0.4, -0.2) is 43.8 Å². The van der Waals surface area contributed by atoms with E-state index >= 15 is 0 Å². The average Bonchev–Trinajstić information content (AvgIpc) is 2.87. The Hall–Kier alpha value is -0.890. The van der Waals surface area contributed by atoms with Crippen LogP contribution in [0.25, 0.3) is 0 Å². The van der Waals surface area contributed by atoms with Crippen LogP contribution in [-0.2, 0) is 11.2 Å². The predicted molar refractivity (Wildman–Crippen MR) is 110 cm³/mol. The maximum absolute atomic E-state index is 5.98. The predicted octanol–water partition coefficient (Wildman–Crippen LogP) is 3.15. The molecule has 136 valence electrons. The minimum absolute atomic E-state index is 0. The van der Waals surface area contributed by atoms with E-state index in [2.05, 4.69) is 20.6 Å². The molecule has 24 heavy (non-hydrogen) atoms. The summed E-state index contributed by atoms with van der Waals surface area (Å²) in [6.45, 7) is 2.35. The number of ether oxygens (including phenoxy) is 1. The maximum Gasteiger partial charge on any atom is 0.191 e. The number of pyridine rings is 1. The summed E-state index contributed by atoms with van der Waals surface area (Å²) in [6.07, 6.45) is 11.0. The number of aromatic nitrogens is 1. The molecule has 0 atom stereocenters. The number of nitrogens with zero attached hydrogens (tertiary/aromatic N) is 2. The number of rotatable bonds is 7. The van der Waals surface area contributed by atoms with Crippen molar-refractivity contribution < 1.29 is 4.74 Å².